The van der Waals surface area contributed by atoms with E-state index in [0.717, 1.165) is 6.42 Å². The molecule has 0 aromatic rings. The van der Waals surface area contributed by atoms with Gasteiger partial charge in [-0.1, -0.05) is 48.0 Å². The fraction of sp³-hybridized carbons (Fsp3) is 0.867. The molecule has 0 radical (unpaired) electrons. The summed E-state index contributed by atoms with van der Waals surface area (Å²) >= 11 is 0. The Morgan fingerprint density at radius 3 is 1.84 bits per heavy atom. The number of esters is 1. The minimum atomic E-state index is -1.16. The van der Waals surface area contributed by atoms with Crippen molar-refractivity contribution in [2.45, 2.75) is 73.3 Å². The van der Waals surface area contributed by atoms with Gasteiger partial charge in [-0.3, -0.25) is 9.59 Å². The van der Waals surface area contributed by atoms with Crippen LogP contribution < -0.4 is 0 Å². The third kappa shape index (κ3) is 5.62. The third-order valence-corrected chi connectivity index (χ3v) is 3.99. The van der Waals surface area contributed by atoms with Crippen molar-refractivity contribution in [2.75, 3.05) is 0 Å². The van der Waals surface area contributed by atoms with Gasteiger partial charge in [0.25, 0.3) is 0 Å². The van der Waals surface area contributed by atoms with Crippen molar-refractivity contribution < 1.29 is 19.4 Å². The van der Waals surface area contributed by atoms with Crippen molar-refractivity contribution in [3.63, 3.8) is 0 Å². The predicted octanol–water partition coefficient (Wildman–Crippen LogP) is 3.64. The molecule has 1 unspecified atom stereocenters. The van der Waals surface area contributed by atoms with Crippen LogP contribution >= 0.6 is 0 Å². The maximum atomic E-state index is 11.7. The highest BCUT2D eigenvalue weighted by molar-refractivity contribution is 5.90. The van der Waals surface area contributed by atoms with Gasteiger partial charge in [0, 0.05) is 5.41 Å². The van der Waals surface area contributed by atoms with E-state index < -0.39 is 24.0 Å². The number of rotatable bonds is 6. The lowest BCUT2D eigenvalue weighted by molar-refractivity contribution is -0.177. The van der Waals surface area contributed by atoms with E-state index in [1.807, 2.05) is 27.7 Å². The molecule has 1 atom stereocenters. The zero-order chi connectivity index (χ0) is 15.5. The molecule has 0 aliphatic heterocycles. The number of carbonyl (C=O) groups is 2. The summed E-state index contributed by atoms with van der Waals surface area (Å²) in [6.45, 7) is 14.3. The van der Waals surface area contributed by atoms with Gasteiger partial charge in [0.15, 0.2) is 0 Å². The highest BCUT2D eigenvalue weighted by atomic mass is 16.6. The molecule has 0 rings (SSSR count). The molecule has 0 saturated heterocycles. The second kappa shape index (κ2) is 5.93. The van der Waals surface area contributed by atoms with Crippen LogP contribution in [0.4, 0.5) is 0 Å². The first-order valence-electron chi connectivity index (χ1n) is 6.76. The number of carboxylic acid groups (broad SMARTS) is 1. The van der Waals surface area contributed by atoms with Gasteiger partial charge < -0.3 is 9.84 Å². The molecule has 4 nitrogen and oxygen atoms in total. The quantitative estimate of drug-likeness (QED) is 0.592. The summed E-state index contributed by atoms with van der Waals surface area (Å²) in [5, 5.41) is 8.66. The Bertz CT molecular complexity index is 339. The third-order valence-electron chi connectivity index (χ3n) is 3.99. The topological polar surface area (TPSA) is 63.6 Å². The molecule has 0 amide bonds. The first-order chi connectivity index (χ1) is 8.33. The number of hydrogen-bond donors (Lipinski definition) is 1. The van der Waals surface area contributed by atoms with E-state index in [-0.39, 0.29) is 10.8 Å². The molecule has 4 heteroatoms. The lowest BCUT2D eigenvalue weighted by Gasteiger charge is -2.45. The van der Waals surface area contributed by atoms with Crippen LogP contribution in [0, 0.1) is 10.8 Å². The van der Waals surface area contributed by atoms with E-state index in [1.54, 1.807) is 0 Å². The molecule has 19 heavy (non-hydrogen) atoms. The van der Waals surface area contributed by atoms with Crippen LogP contribution in [-0.2, 0) is 14.3 Å². The molecule has 0 aliphatic carbocycles. The van der Waals surface area contributed by atoms with Crippen LogP contribution in [-0.4, -0.2) is 22.6 Å². The second-order valence-corrected chi connectivity index (χ2v) is 7.22. The van der Waals surface area contributed by atoms with Crippen LogP contribution in [0.15, 0.2) is 0 Å². The Kier molecular flexibility index (Phi) is 5.60. The average molecular weight is 272 g/mol. The van der Waals surface area contributed by atoms with E-state index >= 15 is 0 Å². The Hall–Kier alpha value is -1.06. The molecule has 112 valence electrons. The normalized spacial score (nSPS) is 15.7. The second-order valence-electron chi connectivity index (χ2n) is 7.22. The molecular weight excluding hydrogens is 244 g/mol. The number of carboxylic acids is 1. The molecule has 0 heterocycles. The summed E-state index contributed by atoms with van der Waals surface area (Å²) in [7, 11) is 0. The van der Waals surface area contributed by atoms with Gasteiger partial charge >= 0.3 is 11.9 Å². The van der Waals surface area contributed by atoms with Crippen LogP contribution in [0.25, 0.3) is 0 Å². The molecule has 0 aliphatic rings. The van der Waals surface area contributed by atoms with Crippen molar-refractivity contribution in [1.29, 1.82) is 0 Å². The lowest BCUT2D eigenvalue weighted by Crippen LogP contribution is -2.47. The van der Waals surface area contributed by atoms with Crippen LogP contribution in [0.5, 0.6) is 0 Å². The molecule has 0 fully saturated rings. The number of hydrogen-bond acceptors (Lipinski definition) is 3. The van der Waals surface area contributed by atoms with Gasteiger partial charge in [-0.25, -0.2) is 0 Å². The van der Waals surface area contributed by atoms with Crippen LogP contribution in [0.1, 0.15) is 67.7 Å². The van der Waals surface area contributed by atoms with Crippen molar-refractivity contribution in [3.8, 4) is 0 Å². The number of carbonyl (C=O) groups excluding carboxylic acids is 1. The Morgan fingerprint density at radius 1 is 1.05 bits per heavy atom. The first-order valence-corrected chi connectivity index (χ1v) is 6.76. The maximum Gasteiger partial charge on any atom is 0.317 e. The SMILES string of the molecule is CCC(C)(C)CC(C)(OC(=O)CC(=O)O)C(C)(C)C. The van der Waals surface area contributed by atoms with Crippen LogP contribution in [0.3, 0.4) is 0 Å². The molecular formula is C15H28O4. The van der Waals surface area contributed by atoms with E-state index in [0.29, 0.717) is 6.42 Å². The number of ether oxygens (including phenoxy) is 1. The first kappa shape index (κ1) is 17.9. The van der Waals surface area contributed by atoms with E-state index in [1.165, 1.54) is 0 Å². The largest absolute Gasteiger partial charge is 0.481 e. The van der Waals surface area contributed by atoms with Gasteiger partial charge in [-0.15, -0.1) is 0 Å². The molecule has 0 aromatic heterocycles. The molecule has 0 spiro atoms. The van der Waals surface area contributed by atoms with Gasteiger partial charge in [-0.2, -0.15) is 0 Å². The summed E-state index contributed by atoms with van der Waals surface area (Å²) < 4.78 is 5.53. The Balaban J connectivity index is 5.11. The summed E-state index contributed by atoms with van der Waals surface area (Å²) in [5.74, 6) is -1.83. The highest BCUT2D eigenvalue weighted by Crippen LogP contribution is 2.43. The molecule has 1 N–H and O–H groups in total. The zero-order valence-corrected chi connectivity index (χ0v) is 13.3. The Labute approximate surface area is 116 Å². The summed E-state index contributed by atoms with van der Waals surface area (Å²) in [5.41, 5.74) is -0.905. The van der Waals surface area contributed by atoms with Gasteiger partial charge in [-0.05, 0) is 18.8 Å². The monoisotopic (exact) mass is 272 g/mol. The minimum absolute atomic E-state index is 0.0333. The maximum absolute atomic E-state index is 11.7. The summed E-state index contributed by atoms with van der Waals surface area (Å²) in [6, 6.07) is 0. The standard InChI is InChI=1S/C15H28O4/c1-8-14(5,6)10-15(7,13(2,3)4)19-12(18)9-11(16)17/h8-10H2,1-7H3,(H,16,17). The van der Waals surface area contributed by atoms with Crippen molar-refractivity contribution >= 4 is 11.9 Å². The number of aliphatic carboxylic acids is 1. The van der Waals surface area contributed by atoms with Gasteiger partial charge in [0.05, 0.1) is 0 Å². The fourth-order valence-electron chi connectivity index (χ4n) is 1.90. The van der Waals surface area contributed by atoms with E-state index in [2.05, 4.69) is 20.8 Å². The van der Waals surface area contributed by atoms with Gasteiger partial charge in [0.1, 0.15) is 12.0 Å². The van der Waals surface area contributed by atoms with Crippen molar-refractivity contribution in [1.82, 2.24) is 0 Å². The smallest absolute Gasteiger partial charge is 0.317 e. The van der Waals surface area contributed by atoms with E-state index in [4.69, 9.17) is 9.84 Å². The Morgan fingerprint density at radius 2 is 1.53 bits per heavy atom. The highest BCUT2D eigenvalue weighted by Gasteiger charge is 2.44. The summed E-state index contributed by atoms with van der Waals surface area (Å²) in [6.07, 6.45) is 1.08. The van der Waals surface area contributed by atoms with Crippen LogP contribution in [0.2, 0.25) is 0 Å². The summed E-state index contributed by atoms with van der Waals surface area (Å²) in [4.78, 5) is 22.3. The molecule has 0 saturated carbocycles. The molecule has 0 aromatic carbocycles. The van der Waals surface area contributed by atoms with E-state index in [9.17, 15) is 9.59 Å². The zero-order valence-electron chi connectivity index (χ0n) is 13.3. The minimum Gasteiger partial charge on any atom is -0.481 e. The van der Waals surface area contributed by atoms with Gasteiger partial charge in [0.2, 0.25) is 0 Å². The van der Waals surface area contributed by atoms with Crippen molar-refractivity contribution in [2.24, 2.45) is 10.8 Å². The fourth-order valence-corrected chi connectivity index (χ4v) is 1.90. The lowest BCUT2D eigenvalue weighted by atomic mass is 9.68. The predicted molar refractivity (Wildman–Crippen MR) is 74.9 cm³/mol. The van der Waals surface area contributed by atoms with Crippen molar-refractivity contribution in [3.05, 3.63) is 0 Å². The molecule has 0 bridgehead atoms. The average Bonchev–Trinajstić information content (AvgIpc) is 2.13.